The topological polar surface area (TPSA) is 87.0 Å². The van der Waals surface area contributed by atoms with Crippen molar-refractivity contribution in [1.29, 1.82) is 5.26 Å². The van der Waals surface area contributed by atoms with Gasteiger partial charge in [0.1, 0.15) is 18.0 Å². The summed E-state index contributed by atoms with van der Waals surface area (Å²) in [5, 5.41) is 14.5. The van der Waals surface area contributed by atoms with Crippen molar-refractivity contribution in [3.63, 3.8) is 0 Å². The van der Waals surface area contributed by atoms with Crippen LogP contribution in [0.25, 0.3) is 0 Å². The van der Waals surface area contributed by atoms with Crippen LogP contribution in [-0.2, 0) is 6.54 Å². The van der Waals surface area contributed by atoms with Gasteiger partial charge in [-0.25, -0.2) is 14.2 Å². The molecule has 27 heavy (non-hydrogen) atoms. The van der Waals surface area contributed by atoms with Crippen LogP contribution in [0.15, 0.2) is 42.6 Å². The number of ether oxygens (including phenoxy) is 1. The Hall–Kier alpha value is -3.14. The molecule has 0 radical (unpaired) electrons. The number of halogens is 1. The highest BCUT2D eigenvalue weighted by Gasteiger charge is 2.23. The predicted octanol–water partition coefficient (Wildman–Crippen LogP) is 3.28. The molecule has 0 atom stereocenters. The van der Waals surface area contributed by atoms with Gasteiger partial charge in [0.15, 0.2) is 0 Å². The third-order valence-corrected chi connectivity index (χ3v) is 4.53. The summed E-state index contributed by atoms with van der Waals surface area (Å²) >= 11 is 0. The zero-order valence-corrected chi connectivity index (χ0v) is 14.8. The number of pyridine rings is 1. The Labute approximate surface area is 157 Å². The van der Waals surface area contributed by atoms with Crippen molar-refractivity contribution in [2.75, 3.05) is 0 Å². The van der Waals surface area contributed by atoms with Gasteiger partial charge in [-0.2, -0.15) is 5.26 Å². The van der Waals surface area contributed by atoms with Crippen molar-refractivity contribution in [3.8, 4) is 11.9 Å². The van der Waals surface area contributed by atoms with Crippen LogP contribution in [-0.4, -0.2) is 23.2 Å². The molecule has 2 amide bonds. The van der Waals surface area contributed by atoms with Crippen molar-refractivity contribution in [1.82, 2.24) is 15.6 Å². The zero-order valence-electron chi connectivity index (χ0n) is 14.8. The lowest BCUT2D eigenvalue weighted by Gasteiger charge is -2.29. The minimum atomic E-state index is -0.293. The second-order valence-corrected chi connectivity index (χ2v) is 6.54. The van der Waals surface area contributed by atoms with Gasteiger partial charge >= 0.3 is 6.03 Å². The molecule has 2 aromatic rings. The first-order valence-electron chi connectivity index (χ1n) is 8.94. The molecular formula is C20H21FN4O2. The Bertz CT molecular complexity index is 794. The van der Waals surface area contributed by atoms with Crippen molar-refractivity contribution in [2.45, 2.75) is 44.4 Å². The Morgan fingerprint density at radius 1 is 1.19 bits per heavy atom. The molecule has 1 aliphatic carbocycles. The summed E-state index contributed by atoms with van der Waals surface area (Å²) in [5.41, 5.74) is 1.35. The standard InChI is InChI=1S/C20H21FN4O2/c21-16-4-1-14(2-5-16)12-24-20(26)25-17-6-8-18(9-7-17)27-19-10-3-15(11-22)13-23-19/h1-5,10,13,17-18H,6-9,12H2,(H2,24,25,26). The van der Waals surface area contributed by atoms with Gasteiger partial charge in [-0.15, -0.1) is 0 Å². The zero-order chi connectivity index (χ0) is 19.1. The molecule has 0 unspecified atom stereocenters. The van der Waals surface area contributed by atoms with Crippen molar-refractivity contribution in [3.05, 3.63) is 59.5 Å². The molecule has 2 N–H and O–H groups in total. The van der Waals surface area contributed by atoms with E-state index in [1.54, 1.807) is 24.3 Å². The van der Waals surface area contributed by atoms with E-state index in [-0.39, 0.29) is 24.0 Å². The third kappa shape index (κ3) is 5.68. The summed E-state index contributed by atoms with van der Waals surface area (Å²) < 4.78 is 18.7. The Morgan fingerprint density at radius 2 is 1.93 bits per heavy atom. The van der Waals surface area contributed by atoms with Gasteiger partial charge in [0.2, 0.25) is 5.88 Å². The summed E-state index contributed by atoms with van der Waals surface area (Å²) in [6.45, 7) is 0.356. The number of hydrogen-bond donors (Lipinski definition) is 2. The number of hydrogen-bond acceptors (Lipinski definition) is 4. The highest BCUT2D eigenvalue weighted by atomic mass is 19.1. The summed E-state index contributed by atoms with van der Waals surface area (Å²) in [6.07, 6.45) is 4.85. The van der Waals surface area contributed by atoms with Crippen LogP contribution in [0.3, 0.4) is 0 Å². The first-order chi connectivity index (χ1) is 13.1. The number of benzene rings is 1. The van der Waals surface area contributed by atoms with E-state index in [1.165, 1.54) is 18.3 Å². The van der Waals surface area contributed by atoms with Gasteiger partial charge < -0.3 is 15.4 Å². The van der Waals surface area contributed by atoms with E-state index in [0.717, 1.165) is 31.2 Å². The molecule has 0 aliphatic heterocycles. The lowest BCUT2D eigenvalue weighted by molar-refractivity contribution is 0.135. The number of carbonyl (C=O) groups excluding carboxylic acids is 1. The van der Waals surface area contributed by atoms with Crippen molar-refractivity contribution < 1.29 is 13.9 Å². The quantitative estimate of drug-likeness (QED) is 0.848. The molecule has 1 aliphatic rings. The molecule has 140 valence electrons. The number of nitriles is 1. The fourth-order valence-electron chi connectivity index (χ4n) is 3.03. The second-order valence-electron chi connectivity index (χ2n) is 6.54. The monoisotopic (exact) mass is 368 g/mol. The van der Waals surface area contributed by atoms with E-state index in [2.05, 4.69) is 15.6 Å². The van der Waals surface area contributed by atoms with E-state index in [0.29, 0.717) is 18.0 Å². The number of nitrogens with zero attached hydrogens (tertiary/aromatic N) is 2. The average Bonchev–Trinajstić information content (AvgIpc) is 2.70. The van der Waals surface area contributed by atoms with Gasteiger partial charge in [-0.3, -0.25) is 0 Å². The van der Waals surface area contributed by atoms with Crippen LogP contribution in [0.1, 0.15) is 36.8 Å². The molecule has 1 aromatic heterocycles. The highest BCUT2D eigenvalue weighted by Crippen LogP contribution is 2.23. The van der Waals surface area contributed by atoms with Crippen LogP contribution >= 0.6 is 0 Å². The molecule has 1 heterocycles. The molecule has 1 saturated carbocycles. The van der Waals surface area contributed by atoms with E-state index >= 15 is 0 Å². The largest absolute Gasteiger partial charge is 0.474 e. The lowest BCUT2D eigenvalue weighted by Crippen LogP contribution is -2.44. The van der Waals surface area contributed by atoms with E-state index < -0.39 is 0 Å². The van der Waals surface area contributed by atoms with Crippen molar-refractivity contribution in [2.24, 2.45) is 0 Å². The predicted molar refractivity (Wildman–Crippen MR) is 97.4 cm³/mol. The minimum Gasteiger partial charge on any atom is -0.474 e. The molecule has 1 fully saturated rings. The van der Waals surface area contributed by atoms with Gasteiger partial charge in [0.05, 0.1) is 5.56 Å². The Morgan fingerprint density at radius 3 is 2.56 bits per heavy atom. The molecular weight excluding hydrogens is 347 g/mol. The van der Waals surface area contributed by atoms with Gasteiger partial charge in [0, 0.05) is 24.8 Å². The average molecular weight is 368 g/mol. The normalized spacial score (nSPS) is 19.0. The number of rotatable bonds is 5. The number of aromatic nitrogens is 1. The van der Waals surface area contributed by atoms with Crippen LogP contribution in [0.4, 0.5) is 9.18 Å². The maximum Gasteiger partial charge on any atom is 0.315 e. The van der Waals surface area contributed by atoms with Gasteiger partial charge in [0.25, 0.3) is 0 Å². The number of carbonyl (C=O) groups is 1. The third-order valence-electron chi connectivity index (χ3n) is 4.53. The summed E-state index contributed by atoms with van der Waals surface area (Å²) in [5.74, 6) is 0.223. The number of nitrogens with one attached hydrogen (secondary N) is 2. The smallest absolute Gasteiger partial charge is 0.315 e. The Kier molecular flexibility index (Phi) is 6.21. The molecule has 0 spiro atoms. The second kappa shape index (κ2) is 8.99. The van der Waals surface area contributed by atoms with Crippen LogP contribution in [0.2, 0.25) is 0 Å². The summed E-state index contributed by atoms with van der Waals surface area (Å²) in [6, 6.07) is 11.3. The molecule has 1 aromatic carbocycles. The Balaban J connectivity index is 1.37. The first-order valence-corrected chi connectivity index (χ1v) is 8.94. The summed E-state index contributed by atoms with van der Waals surface area (Å²) in [7, 11) is 0. The summed E-state index contributed by atoms with van der Waals surface area (Å²) in [4.78, 5) is 16.1. The van der Waals surface area contributed by atoms with Crippen LogP contribution < -0.4 is 15.4 Å². The van der Waals surface area contributed by atoms with Crippen molar-refractivity contribution >= 4 is 6.03 Å². The fraction of sp³-hybridized carbons (Fsp3) is 0.350. The van der Waals surface area contributed by atoms with Crippen LogP contribution in [0, 0.1) is 17.1 Å². The van der Waals surface area contributed by atoms with E-state index in [4.69, 9.17) is 10.00 Å². The molecule has 0 saturated heterocycles. The first kappa shape index (κ1) is 18.6. The molecule has 0 bridgehead atoms. The van der Waals surface area contributed by atoms with E-state index in [9.17, 15) is 9.18 Å². The number of amides is 2. The molecule has 7 heteroatoms. The fourth-order valence-corrected chi connectivity index (χ4v) is 3.03. The minimum absolute atomic E-state index is 0.0609. The maximum absolute atomic E-state index is 12.9. The van der Waals surface area contributed by atoms with Gasteiger partial charge in [-0.1, -0.05) is 12.1 Å². The number of urea groups is 1. The van der Waals surface area contributed by atoms with Gasteiger partial charge in [-0.05, 0) is 49.4 Å². The highest BCUT2D eigenvalue weighted by molar-refractivity contribution is 5.74. The maximum atomic E-state index is 12.9. The molecule has 6 nitrogen and oxygen atoms in total. The lowest BCUT2D eigenvalue weighted by atomic mass is 9.93. The van der Waals surface area contributed by atoms with Crippen LogP contribution in [0.5, 0.6) is 5.88 Å². The molecule has 3 rings (SSSR count). The SMILES string of the molecule is N#Cc1ccc(OC2CCC(NC(=O)NCc3ccc(F)cc3)CC2)nc1. The van der Waals surface area contributed by atoms with E-state index in [1.807, 2.05) is 6.07 Å².